The molecule has 0 spiro atoms. The fraction of sp³-hybridized carbons (Fsp3) is 0.471. The highest BCUT2D eigenvalue weighted by Crippen LogP contribution is 2.32. The van der Waals surface area contributed by atoms with E-state index in [1.54, 1.807) is 0 Å². The molecule has 1 aromatic heterocycles. The molecule has 1 unspecified atom stereocenters. The summed E-state index contributed by atoms with van der Waals surface area (Å²) < 4.78 is 5.55. The van der Waals surface area contributed by atoms with Crippen LogP contribution in [0.4, 0.5) is 0 Å². The fourth-order valence-electron chi connectivity index (χ4n) is 2.97. The Morgan fingerprint density at radius 1 is 1.50 bits per heavy atom. The maximum atomic E-state index is 12.6. The first-order valence-corrected chi connectivity index (χ1v) is 8.03. The number of carbonyl (C=O) groups is 1. The predicted octanol–water partition coefficient (Wildman–Crippen LogP) is 3.39. The normalized spacial score (nSPS) is 18.8. The van der Waals surface area contributed by atoms with Crippen LogP contribution in [0.5, 0.6) is 0 Å². The minimum Gasteiger partial charge on any atom is -0.376 e. The Morgan fingerprint density at radius 3 is 3.05 bits per heavy atom. The smallest absolute Gasteiger partial charge is 0.230 e. The van der Waals surface area contributed by atoms with Gasteiger partial charge in [-0.1, -0.05) is 17.7 Å². The van der Waals surface area contributed by atoms with E-state index in [9.17, 15) is 4.79 Å². The standard InChI is InChI=1S/C17H21ClN2O2/c1-17(2,16(21)20-9-12-4-3-7-22-12)14-10-19-15-8-11(18)5-6-13(14)15/h5-6,8,10,12,19H,3-4,7,9H2,1-2H3,(H,20,21). The zero-order valence-corrected chi connectivity index (χ0v) is 13.7. The van der Waals surface area contributed by atoms with Crippen molar-refractivity contribution < 1.29 is 9.53 Å². The summed E-state index contributed by atoms with van der Waals surface area (Å²) in [6.07, 6.45) is 4.15. The first-order chi connectivity index (χ1) is 10.5. The number of nitrogens with one attached hydrogen (secondary N) is 2. The molecule has 3 rings (SSSR count). The summed E-state index contributed by atoms with van der Waals surface area (Å²) in [5.41, 5.74) is 1.30. The lowest BCUT2D eigenvalue weighted by Gasteiger charge is -2.24. The van der Waals surface area contributed by atoms with Crippen molar-refractivity contribution in [1.82, 2.24) is 10.3 Å². The molecule has 5 heteroatoms. The lowest BCUT2D eigenvalue weighted by molar-refractivity contribution is -0.126. The van der Waals surface area contributed by atoms with Crippen molar-refractivity contribution in [3.63, 3.8) is 0 Å². The van der Waals surface area contributed by atoms with Gasteiger partial charge in [-0.25, -0.2) is 0 Å². The van der Waals surface area contributed by atoms with Gasteiger partial charge in [-0.15, -0.1) is 0 Å². The number of H-pyrrole nitrogens is 1. The van der Waals surface area contributed by atoms with Crippen LogP contribution >= 0.6 is 11.6 Å². The molecule has 1 aliphatic rings. The van der Waals surface area contributed by atoms with Gasteiger partial charge >= 0.3 is 0 Å². The molecule has 22 heavy (non-hydrogen) atoms. The summed E-state index contributed by atoms with van der Waals surface area (Å²) in [5, 5.41) is 4.74. The van der Waals surface area contributed by atoms with Crippen molar-refractivity contribution in [2.24, 2.45) is 0 Å². The lowest BCUT2D eigenvalue weighted by Crippen LogP contribution is -2.43. The van der Waals surface area contributed by atoms with Crippen molar-refractivity contribution in [2.75, 3.05) is 13.2 Å². The van der Waals surface area contributed by atoms with Gasteiger partial charge in [-0.05, 0) is 44.4 Å². The number of rotatable bonds is 4. The molecular weight excluding hydrogens is 300 g/mol. The minimum absolute atomic E-state index is 0.0128. The third kappa shape index (κ3) is 2.85. The van der Waals surface area contributed by atoms with Crippen LogP contribution in [0.25, 0.3) is 10.9 Å². The molecule has 1 atom stereocenters. The van der Waals surface area contributed by atoms with E-state index in [1.165, 1.54) is 0 Å². The second-order valence-corrected chi connectivity index (χ2v) is 6.80. The highest BCUT2D eigenvalue weighted by atomic mass is 35.5. The van der Waals surface area contributed by atoms with E-state index in [4.69, 9.17) is 16.3 Å². The highest BCUT2D eigenvalue weighted by molar-refractivity contribution is 6.31. The fourth-order valence-corrected chi connectivity index (χ4v) is 3.14. The molecule has 2 heterocycles. The number of benzene rings is 1. The van der Waals surface area contributed by atoms with Gasteiger partial charge < -0.3 is 15.0 Å². The Labute approximate surface area is 135 Å². The van der Waals surface area contributed by atoms with Gasteiger partial charge in [0.15, 0.2) is 0 Å². The largest absolute Gasteiger partial charge is 0.376 e. The monoisotopic (exact) mass is 320 g/mol. The van der Waals surface area contributed by atoms with Crippen LogP contribution in [-0.4, -0.2) is 30.1 Å². The highest BCUT2D eigenvalue weighted by Gasteiger charge is 2.32. The lowest BCUT2D eigenvalue weighted by atomic mass is 9.83. The molecule has 0 aliphatic carbocycles. The average molecular weight is 321 g/mol. The Balaban J connectivity index is 1.79. The number of halogens is 1. The van der Waals surface area contributed by atoms with Gasteiger partial charge in [0.2, 0.25) is 5.91 Å². The van der Waals surface area contributed by atoms with Gasteiger partial charge in [0.25, 0.3) is 0 Å². The molecule has 4 nitrogen and oxygen atoms in total. The van der Waals surface area contributed by atoms with E-state index in [0.29, 0.717) is 11.6 Å². The molecule has 0 radical (unpaired) electrons. The van der Waals surface area contributed by atoms with Crippen LogP contribution in [0.15, 0.2) is 24.4 Å². The molecule has 1 aromatic carbocycles. The van der Waals surface area contributed by atoms with E-state index >= 15 is 0 Å². The molecule has 0 bridgehead atoms. The topological polar surface area (TPSA) is 54.1 Å². The van der Waals surface area contributed by atoms with Crippen LogP contribution in [0.1, 0.15) is 32.3 Å². The number of carbonyl (C=O) groups excluding carboxylic acids is 1. The second-order valence-electron chi connectivity index (χ2n) is 6.36. The van der Waals surface area contributed by atoms with Crippen molar-refractivity contribution in [2.45, 2.75) is 38.2 Å². The number of ether oxygens (including phenoxy) is 1. The molecule has 1 saturated heterocycles. The first-order valence-electron chi connectivity index (χ1n) is 7.65. The van der Waals surface area contributed by atoms with E-state index in [1.807, 2.05) is 38.2 Å². The van der Waals surface area contributed by atoms with Gasteiger partial charge in [0.05, 0.1) is 11.5 Å². The van der Waals surface area contributed by atoms with Gasteiger partial charge in [0, 0.05) is 35.3 Å². The Bertz CT molecular complexity index is 687. The summed E-state index contributed by atoms with van der Waals surface area (Å²) in [5.74, 6) is 0.0128. The zero-order chi connectivity index (χ0) is 15.7. The Kier molecular flexibility index (Phi) is 4.15. The summed E-state index contributed by atoms with van der Waals surface area (Å²) in [6, 6.07) is 5.68. The summed E-state index contributed by atoms with van der Waals surface area (Å²) in [7, 11) is 0. The van der Waals surface area contributed by atoms with Crippen LogP contribution in [-0.2, 0) is 14.9 Å². The summed E-state index contributed by atoms with van der Waals surface area (Å²) >= 11 is 6.01. The van der Waals surface area contributed by atoms with E-state index in [0.717, 1.165) is 35.9 Å². The number of aromatic amines is 1. The van der Waals surface area contributed by atoms with Crippen LogP contribution in [0, 0.1) is 0 Å². The SMILES string of the molecule is CC(C)(C(=O)NCC1CCCO1)c1c[nH]c2cc(Cl)ccc12. The average Bonchev–Trinajstić information content (AvgIpc) is 3.13. The van der Waals surface area contributed by atoms with E-state index < -0.39 is 5.41 Å². The maximum absolute atomic E-state index is 12.6. The molecule has 2 aromatic rings. The molecule has 0 saturated carbocycles. The Hall–Kier alpha value is -1.52. The van der Waals surface area contributed by atoms with Gasteiger partial charge in [-0.2, -0.15) is 0 Å². The number of amides is 1. The molecule has 1 fully saturated rings. The number of aromatic nitrogens is 1. The molecule has 1 aliphatic heterocycles. The third-order valence-electron chi connectivity index (χ3n) is 4.40. The number of hydrogen-bond donors (Lipinski definition) is 2. The van der Waals surface area contributed by atoms with Crippen LogP contribution in [0.2, 0.25) is 5.02 Å². The first kappa shape index (κ1) is 15.4. The summed E-state index contributed by atoms with van der Waals surface area (Å²) in [4.78, 5) is 15.8. The van der Waals surface area contributed by atoms with Crippen molar-refractivity contribution in [3.05, 3.63) is 35.0 Å². The quantitative estimate of drug-likeness (QED) is 0.907. The van der Waals surface area contributed by atoms with Crippen molar-refractivity contribution in [3.8, 4) is 0 Å². The molecular formula is C17H21ClN2O2. The van der Waals surface area contributed by atoms with E-state index in [2.05, 4.69) is 10.3 Å². The summed E-state index contributed by atoms with van der Waals surface area (Å²) in [6.45, 7) is 5.26. The number of hydrogen-bond acceptors (Lipinski definition) is 2. The molecule has 2 N–H and O–H groups in total. The third-order valence-corrected chi connectivity index (χ3v) is 4.63. The van der Waals surface area contributed by atoms with Gasteiger partial charge in [-0.3, -0.25) is 4.79 Å². The predicted molar refractivity (Wildman–Crippen MR) is 88.3 cm³/mol. The number of fused-ring (bicyclic) bond motifs is 1. The second kappa shape index (κ2) is 5.94. The minimum atomic E-state index is -0.620. The maximum Gasteiger partial charge on any atom is 0.230 e. The van der Waals surface area contributed by atoms with Crippen molar-refractivity contribution >= 4 is 28.4 Å². The van der Waals surface area contributed by atoms with Gasteiger partial charge in [0.1, 0.15) is 0 Å². The van der Waals surface area contributed by atoms with E-state index in [-0.39, 0.29) is 12.0 Å². The van der Waals surface area contributed by atoms with Crippen LogP contribution < -0.4 is 5.32 Å². The van der Waals surface area contributed by atoms with Crippen LogP contribution in [0.3, 0.4) is 0 Å². The zero-order valence-electron chi connectivity index (χ0n) is 12.9. The Morgan fingerprint density at radius 2 is 2.32 bits per heavy atom. The molecule has 1 amide bonds. The van der Waals surface area contributed by atoms with Crippen molar-refractivity contribution in [1.29, 1.82) is 0 Å². The molecule has 118 valence electrons.